The van der Waals surface area contributed by atoms with Crippen LogP contribution in [0.4, 0.5) is 11.6 Å². The number of aromatic nitrogens is 2. The number of nitrogens with one attached hydrogen (secondary N) is 2. The summed E-state index contributed by atoms with van der Waals surface area (Å²) in [5.41, 5.74) is 6.29. The minimum atomic E-state index is 0.279. The molecule has 2 aromatic rings. The second-order valence-electron chi connectivity index (χ2n) is 5.26. The van der Waals surface area contributed by atoms with Crippen LogP contribution in [0, 0.1) is 0 Å². The summed E-state index contributed by atoms with van der Waals surface area (Å²) >= 11 is 0. The molecule has 1 aromatic carbocycles. The van der Waals surface area contributed by atoms with Crippen molar-refractivity contribution in [3.8, 4) is 0 Å². The maximum Gasteiger partial charge on any atom is 0.148 e. The maximum absolute atomic E-state index is 5.54. The predicted molar refractivity (Wildman–Crippen MR) is 87.1 cm³/mol. The standard InChI is InChI=1S/C16H23N5/c1-4-12-7-5-6-8-13(12)9-18-15-14(11(2)3)16(21-17)20-10-19-15/h5-8,10-11H,4,9,17H2,1-3H3,(H2,18,19,20,21). The maximum atomic E-state index is 5.54. The van der Waals surface area contributed by atoms with Crippen molar-refractivity contribution in [1.82, 2.24) is 9.97 Å². The lowest BCUT2D eigenvalue weighted by Gasteiger charge is -2.17. The fourth-order valence-corrected chi connectivity index (χ4v) is 2.45. The van der Waals surface area contributed by atoms with Crippen molar-refractivity contribution in [3.05, 3.63) is 47.3 Å². The normalized spacial score (nSPS) is 10.7. The molecule has 0 bridgehead atoms. The van der Waals surface area contributed by atoms with Crippen LogP contribution in [0.25, 0.3) is 0 Å². The molecule has 0 amide bonds. The van der Waals surface area contributed by atoms with Gasteiger partial charge in [0.2, 0.25) is 0 Å². The Morgan fingerprint density at radius 2 is 1.76 bits per heavy atom. The van der Waals surface area contributed by atoms with E-state index in [1.54, 1.807) is 0 Å². The summed E-state index contributed by atoms with van der Waals surface area (Å²) in [6.45, 7) is 7.11. The molecule has 0 radical (unpaired) electrons. The van der Waals surface area contributed by atoms with Gasteiger partial charge < -0.3 is 10.7 Å². The Labute approximate surface area is 126 Å². The van der Waals surface area contributed by atoms with Crippen LogP contribution in [-0.2, 0) is 13.0 Å². The zero-order valence-electron chi connectivity index (χ0n) is 12.9. The highest BCUT2D eigenvalue weighted by atomic mass is 15.3. The lowest BCUT2D eigenvalue weighted by atomic mass is 10.0. The Hall–Kier alpha value is -2.14. The van der Waals surface area contributed by atoms with Crippen LogP contribution in [0.15, 0.2) is 30.6 Å². The predicted octanol–water partition coefficient (Wildman–Crippen LogP) is 3.06. The van der Waals surface area contributed by atoms with E-state index in [0.29, 0.717) is 5.82 Å². The molecule has 0 aliphatic heterocycles. The summed E-state index contributed by atoms with van der Waals surface area (Å²) in [5, 5.41) is 3.41. The number of hydrazine groups is 1. The first-order valence-electron chi connectivity index (χ1n) is 7.29. The fraction of sp³-hybridized carbons (Fsp3) is 0.375. The molecule has 5 heteroatoms. The van der Waals surface area contributed by atoms with Gasteiger partial charge >= 0.3 is 0 Å². The molecular formula is C16H23N5. The van der Waals surface area contributed by atoms with Crippen LogP contribution in [0.1, 0.15) is 43.4 Å². The van der Waals surface area contributed by atoms with Gasteiger partial charge in [0.05, 0.1) is 0 Å². The molecule has 0 fully saturated rings. The van der Waals surface area contributed by atoms with E-state index in [-0.39, 0.29) is 5.92 Å². The SMILES string of the molecule is CCc1ccccc1CNc1ncnc(NN)c1C(C)C. The number of nitrogens with zero attached hydrogens (tertiary/aromatic N) is 2. The summed E-state index contributed by atoms with van der Waals surface area (Å²) in [6.07, 6.45) is 2.55. The first-order chi connectivity index (χ1) is 10.2. The minimum absolute atomic E-state index is 0.279. The van der Waals surface area contributed by atoms with E-state index in [0.717, 1.165) is 24.3 Å². The van der Waals surface area contributed by atoms with E-state index in [1.165, 1.54) is 17.5 Å². The molecular weight excluding hydrogens is 262 g/mol. The number of anilines is 2. The molecule has 0 aliphatic carbocycles. The van der Waals surface area contributed by atoms with Crippen molar-refractivity contribution >= 4 is 11.6 Å². The summed E-state index contributed by atoms with van der Waals surface area (Å²) in [5.74, 6) is 7.33. The molecule has 1 heterocycles. The lowest BCUT2D eigenvalue weighted by Crippen LogP contribution is -2.15. The van der Waals surface area contributed by atoms with Crippen LogP contribution in [0.2, 0.25) is 0 Å². The van der Waals surface area contributed by atoms with Gasteiger partial charge in [-0.2, -0.15) is 0 Å². The van der Waals surface area contributed by atoms with Crippen LogP contribution < -0.4 is 16.6 Å². The Morgan fingerprint density at radius 3 is 2.38 bits per heavy atom. The minimum Gasteiger partial charge on any atom is -0.366 e. The fourth-order valence-electron chi connectivity index (χ4n) is 2.45. The average molecular weight is 285 g/mol. The molecule has 0 saturated heterocycles. The summed E-state index contributed by atoms with van der Waals surface area (Å²) in [4.78, 5) is 8.54. The molecule has 2 rings (SSSR count). The third kappa shape index (κ3) is 3.49. The van der Waals surface area contributed by atoms with E-state index in [9.17, 15) is 0 Å². The third-order valence-corrected chi connectivity index (χ3v) is 3.54. The number of aryl methyl sites for hydroxylation is 1. The van der Waals surface area contributed by atoms with Gasteiger partial charge in [0.15, 0.2) is 0 Å². The molecule has 112 valence electrons. The largest absolute Gasteiger partial charge is 0.366 e. The van der Waals surface area contributed by atoms with E-state index in [2.05, 4.69) is 65.7 Å². The first-order valence-corrected chi connectivity index (χ1v) is 7.29. The van der Waals surface area contributed by atoms with Crippen molar-refractivity contribution in [3.63, 3.8) is 0 Å². The monoisotopic (exact) mass is 285 g/mol. The van der Waals surface area contributed by atoms with E-state index in [1.807, 2.05) is 0 Å². The van der Waals surface area contributed by atoms with Crippen LogP contribution in [0.5, 0.6) is 0 Å². The molecule has 0 spiro atoms. The van der Waals surface area contributed by atoms with Gasteiger partial charge in [0.25, 0.3) is 0 Å². The Morgan fingerprint density at radius 1 is 1.10 bits per heavy atom. The second-order valence-corrected chi connectivity index (χ2v) is 5.26. The molecule has 4 N–H and O–H groups in total. The molecule has 0 aliphatic rings. The first kappa shape index (κ1) is 15.3. The van der Waals surface area contributed by atoms with Crippen molar-refractivity contribution in [2.75, 3.05) is 10.7 Å². The van der Waals surface area contributed by atoms with Gasteiger partial charge in [-0.25, -0.2) is 15.8 Å². The topological polar surface area (TPSA) is 75.9 Å². The highest BCUT2D eigenvalue weighted by Crippen LogP contribution is 2.28. The zero-order chi connectivity index (χ0) is 15.2. The van der Waals surface area contributed by atoms with Gasteiger partial charge in [-0.3, -0.25) is 0 Å². The summed E-state index contributed by atoms with van der Waals surface area (Å²) < 4.78 is 0. The van der Waals surface area contributed by atoms with Gasteiger partial charge in [-0.05, 0) is 23.5 Å². The Bertz CT molecular complexity index is 595. The van der Waals surface area contributed by atoms with Gasteiger partial charge in [0, 0.05) is 12.1 Å². The summed E-state index contributed by atoms with van der Waals surface area (Å²) in [7, 11) is 0. The average Bonchev–Trinajstić information content (AvgIpc) is 2.52. The second kappa shape index (κ2) is 7.04. The lowest BCUT2D eigenvalue weighted by molar-refractivity contribution is 0.844. The molecule has 5 nitrogen and oxygen atoms in total. The highest BCUT2D eigenvalue weighted by Gasteiger charge is 2.14. The number of hydrogen-bond acceptors (Lipinski definition) is 5. The van der Waals surface area contributed by atoms with Crippen molar-refractivity contribution in [1.29, 1.82) is 0 Å². The van der Waals surface area contributed by atoms with Crippen molar-refractivity contribution in [2.45, 2.75) is 39.7 Å². The molecule has 0 saturated carbocycles. The van der Waals surface area contributed by atoms with E-state index < -0.39 is 0 Å². The quantitative estimate of drug-likeness (QED) is 0.562. The van der Waals surface area contributed by atoms with E-state index >= 15 is 0 Å². The molecule has 0 unspecified atom stereocenters. The number of benzene rings is 1. The van der Waals surface area contributed by atoms with Gasteiger partial charge in [-0.15, -0.1) is 0 Å². The third-order valence-electron chi connectivity index (χ3n) is 3.54. The number of nitrogen functional groups attached to an aromatic ring is 1. The van der Waals surface area contributed by atoms with Crippen LogP contribution in [-0.4, -0.2) is 9.97 Å². The molecule has 1 aromatic heterocycles. The van der Waals surface area contributed by atoms with Crippen LogP contribution >= 0.6 is 0 Å². The van der Waals surface area contributed by atoms with E-state index in [4.69, 9.17) is 5.84 Å². The Kier molecular flexibility index (Phi) is 5.11. The van der Waals surface area contributed by atoms with Crippen molar-refractivity contribution in [2.24, 2.45) is 5.84 Å². The van der Waals surface area contributed by atoms with Gasteiger partial charge in [-0.1, -0.05) is 45.0 Å². The van der Waals surface area contributed by atoms with Crippen molar-refractivity contribution < 1.29 is 0 Å². The smallest absolute Gasteiger partial charge is 0.148 e. The molecule has 21 heavy (non-hydrogen) atoms. The number of hydrogen-bond donors (Lipinski definition) is 3. The van der Waals surface area contributed by atoms with Gasteiger partial charge in [0.1, 0.15) is 18.0 Å². The number of rotatable bonds is 6. The zero-order valence-corrected chi connectivity index (χ0v) is 12.9. The summed E-state index contributed by atoms with van der Waals surface area (Å²) in [6, 6.07) is 8.44. The van der Waals surface area contributed by atoms with Crippen LogP contribution in [0.3, 0.4) is 0 Å². The highest BCUT2D eigenvalue weighted by molar-refractivity contribution is 5.58. The molecule has 0 atom stereocenters. The Balaban J connectivity index is 2.24. The number of nitrogens with two attached hydrogens (primary N) is 1.